The van der Waals surface area contributed by atoms with E-state index in [1.54, 1.807) is 0 Å². The summed E-state index contributed by atoms with van der Waals surface area (Å²) in [6, 6.07) is 2.77. The van der Waals surface area contributed by atoms with Crippen molar-refractivity contribution in [3.63, 3.8) is 0 Å². The summed E-state index contributed by atoms with van der Waals surface area (Å²) in [4.78, 5) is 14.2. The Morgan fingerprint density at radius 3 is 2.33 bits per heavy atom. The van der Waals surface area contributed by atoms with E-state index in [1.807, 2.05) is 6.07 Å². The Morgan fingerprint density at radius 2 is 1.67 bits per heavy atom. The Balaban J connectivity index is 1.43. The normalized spacial score (nSPS) is 24.7. The highest BCUT2D eigenvalue weighted by Crippen LogP contribution is 2.39. The van der Waals surface area contributed by atoms with Crippen molar-refractivity contribution < 1.29 is 0 Å². The zero-order valence-corrected chi connectivity index (χ0v) is 13.2. The Labute approximate surface area is 131 Å². The first-order valence-electron chi connectivity index (χ1n) is 8.33. The summed E-state index contributed by atoms with van der Waals surface area (Å²) in [5, 5.41) is 0.597. The number of hydrogen-bond acceptors (Lipinski definition) is 4. The Kier molecular flexibility index (Phi) is 3.76. The van der Waals surface area contributed by atoms with Crippen LogP contribution in [0.25, 0.3) is 0 Å². The average molecular weight is 307 g/mol. The Morgan fingerprint density at radius 1 is 0.952 bits per heavy atom. The monoisotopic (exact) mass is 306 g/mol. The van der Waals surface area contributed by atoms with Crippen molar-refractivity contribution in [2.24, 2.45) is 0 Å². The minimum atomic E-state index is 0.558. The van der Waals surface area contributed by atoms with Crippen LogP contribution in [0.2, 0.25) is 5.15 Å². The topological polar surface area (TPSA) is 32.3 Å². The van der Waals surface area contributed by atoms with Gasteiger partial charge in [-0.2, -0.15) is 0 Å². The van der Waals surface area contributed by atoms with E-state index in [0.717, 1.165) is 43.9 Å². The zero-order chi connectivity index (χ0) is 14.2. The van der Waals surface area contributed by atoms with Gasteiger partial charge in [0.15, 0.2) is 0 Å². The molecule has 1 aromatic rings. The van der Waals surface area contributed by atoms with Crippen molar-refractivity contribution >= 4 is 17.4 Å². The van der Waals surface area contributed by atoms with Crippen LogP contribution in [-0.2, 0) is 0 Å². The van der Waals surface area contributed by atoms with Crippen molar-refractivity contribution in [1.82, 2.24) is 14.9 Å². The molecule has 4 nitrogen and oxygen atoms in total. The van der Waals surface area contributed by atoms with E-state index < -0.39 is 0 Å². The largest absolute Gasteiger partial charge is 0.354 e. The maximum absolute atomic E-state index is 6.19. The fourth-order valence-corrected chi connectivity index (χ4v) is 3.88. The minimum absolute atomic E-state index is 0.558. The molecular weight excluding hydrogens is 284 g/mol. The molecule has 0 aromatic carbocycles. The molecule has 1 saturated heterocycles. The first-order valence-corrected chi connectivity index (χ1v) is 8.71. The fourth-order valence-electron chi connectivity index (χ4n) is 3.69. The zero-order valence-electron chi connectivity index (χ0n) is 12.5. The molecule has 4 rings (SSSR count). The van der Waals surface area contributed by atoms with Crippen molar-refractivity contribution in [2.75, 3.05) is 31.1 Å². The predicted molar refractivity (Wildman–Crippen MR) is 85.1 cm³/mol. The first-order chi connectivity index (χ1) is 10.3. The SMILES string of the molecule is Clc1cc(N2CCN(C3CCCC3)CC2)nc(C2CC2)n1. The highest BCUT2D eigenvalue weighted by Gasteiger charge is 2.29. The Hall–Kier alpha value is -0.870. The molecule has 21 heavy (non-hydrogen) atoms. The van der Waals surface area contributed by atoms with Gasteiger partial charge in [0.1, 0.15) is 16.8 Å². The quantitative estimate of drug-likeness (QED) is 0.803. The number of anilines is 1. The standard InChI is InChI=1S/C16H23ClN4/c17-14-11-15(19-16(18-14)12-5-6-12)21-9-7-20(8-10-21)13-3-1-2-4-13/h11-13H,1-10H2. The van der Waals surface area contributed by atoms with Crippen molar-refractivity contribution in [2.45, 2.75) is 50.5 Å². The molecule has 0 unspecified atom stereocenters. The summed E-state index contributed by atoms with van der Waals surface area (Å²) in [5.41, 5.74) is 0. The van der Waals surface area contributed by atoms with Gasteiger partial charge in [0.05, 0.1) is 0 Å². The van der Waals surface area contributed by atoms with Crippen LogP contribution in [0.15, 0.2) is 6.07 Å². The Bertz CT molecular complexity index is 503. The average Bonchev–Trinajstić information content (AvgIpc) is 3.22. The molecule has 0 radical (unpaired) electrons. The molecule has 3 fully saturated rings. The van der Waals surface area contributed by atoms with E-state index in [9.17, 15) is 0 Å². The lowest BCUT2D eigenvalue weighted by Crippen LogP contribution is -2.50. The molecule has 0 spiro atoms. The van der Waals surface area contributed by atoms with Gasteiger partial charge in [-0.05, 0) is 25.7 Å². The van der Waals surface area contributed by atoms with Crippen molar-refractivity contribution in [1.29, 1.82) is 0 Å². The van der Waals surface area contributed by atoms with Crippen LogP contribution in [0, 0.1) is 0 Å². The smallest absolute Gasteiger partial charge is 0.135 e. The van der Waals surface area contributed by atoms with Gasteiger partial charge in [-0.1, -0.05) is 24.4 Å². The summed E-state index contributed by atoms with van der Waals surface area (Å²) in [6.45, 7) is 4.44. The van der Waals surface area contributed by atoms with Gasteiger partial charge in [-0.3, -0.25) is 4.90 Å². The minimum Gasteiger partial charge on any atom is -0.354 e. The van der Waals surface area contributed by atoms with Gasteiger partial charge in [0.25, 0.3) is 0 Å². The summed E-state index contributed by atoms with van der Waals surface area (Å²) < 4.78 is 0. The molecule has 3 aliphatic rings. The third kappa shape index (κ3) is 3.02. The second-order valence-corrected chi connectivity index (χ2v) is 7.03. The molecule has 1 aliphatic heterocycles. The third-order valence-electron chi connectivity index (χ3n) is 5.12. The molecule has 0 atom stereocenters. The first kappa shape index (κ1) is 13.8. The lowest BCUT2D eigenvalue weighted by atomic mass is 10.2. The van der Waals surface area contributed by atoms with Gasteiger partial charge in [-0.25, -0.2) is 9.97 Å². The number of nitrogens with zero attached hydrogens (tertiary/aromatic N) is 4. The fraction of sp³-hybridized carbons (Fsp3) is 0.750. The van der Waals surface area contributed by atoms with E-state index in [1.165, 1.54) is 38.5 Å². The molecular formula is C16H23ClN4. The van der Waals surface area contributed by atoms with Crippen LogP contribution < -0.4 is 4.90 Å². The number of hydrogen-bond donors (Lipinski definition) is 0. The van der Waals surface area contributed by atoms with Crippen LogP contribution in [0.5, 0.6) is 0 Å². The molecule has 0 amide bonds. The number of piperazine rings is 1. The maximum atomic E-state index is 6.19. The highest BCUT2D eigenvalue weighted by atomic mass is 35.5. The number of halogens is 1. The summed E-state index contributed by atoms with van der Waals surface area (Å²) in [7, 11) is 0. The second kappa shape index (κ2) is 5.73. The van der Waals surface area contributed by atoms with E-state index in [0.29, 0.717) is 11.1 Å². The van der Waals surface area contributed by atoms with Gasteiger partial charge in [-0.15, -0.1) is 0 Å². The van der Waals surface area contributed by atoms with Gasteiger partial charge < -0.3 is 4.90 Å². The predicted octanol–water partition coefficient (Wildman–Crippen LogP) is 3.07. The maximum Gasteiger partial charge on any atom is 0.135 e. The second-order valence-electron chi connectivity index (χ2n) is 6.64. The van der Waals surface area contributed by atoms with Crippen LogP contribution in [0.3, 0.4) is 0 Å². The van der Waals surface area contributed by atoms with E-state index in [-0.39, 0.29) is 0 Å². The van der Waals surface area contributed by atoms with Crippen LogP contribution in [0.1, 0.15) is 50.3 Å². The van der Waals surface area contributed by atoms with Crippen LogP contribution >= 0.6 is 11.6 Å². The third-order valence-corrected chi connectivity index (χ3v) is 5.31. The molecule has 1 aromatic heterocycles. The molecule has 2 saturated carbocycles. The van der Waals surface area contributed by atoms with Gasteiger partial charge >= 0.3 is 0 Å². The van der Waals surface area contributed by atoms with Gasteiger partial charge in [0.2, 0.25) is 0 Å². The molecule has 2 heterocycles. The van der Waals surface area contributed by atoms with E-state index in [2.05, 4.69) is 14.8 Å². The molecule has 0 N–H and O–H groups in total. The van der Waals surface area contributed by atoms with Crippen LogP contribution in [0.4, 0.5) is 5.82 Å². The number of aromatic nitrogens is 2. The van der Waals surface area contributed by atoms with E-state index >= 15 is 0 Å². The summed E-state index contributed by atoms with van der Waals surface area (Å²) >= 11 is 6.19. The summed E-state index contributed by atoms with van der Waals surface area (Å²) in [6.07, 6.45) is 8.05. The molecule has 2 aliphatic carbocycles. The highest BCUT2D eigenvalue weighted by molar-refractivity contribution is 6.29. The van der Waals surface area contributed by atoms with Gasteiger partial charge in [0, 0.05) is 44.2 Å². The van der Waals surface area contributed by atoms with Crippen LogP contribution in [-0.4, -0.2) is 47.1 Å². The van der Waals surface area contributed by atoms with Crippen molar-refractivity contribution in [3.8, 4) is 0 Å². The molecule has 114 valence electrons. The number of rotatable bonds is 3. The molecule has 5 heteroatoms. The lowest BCUT2D eigenvalue weighted by Gasteiger charge is -2.38. The summed E-state index contributed by atoms with van der Waals surface area (Å²) in [5.74, 6) is 2.54. The molecule has 0 bridgehead atoms. The lowest BCUT2D eigenvalue weighted by molar-refractivity contribution is 0.187. The van der Waals surface area contributed by atoms with E-state index in [4.69, 9.17) is 16.6 Å². The van der Waals surface area contributed by atoms with Crippen molar-refractivity contribution in [3.05, 3.63) is 17.0 Å².